The Balaban J connectivity index is 2.20. The molecule has 2 unspecified atom stereocenters. The van der Waals surface area contributed by atoms with Gasteiger partial charge in [0.05, 0.1) is 5.60 Å². The highest BCUT2D eigenvalue weighted by molar-refractivity contribution is 5.96. The van der Waals surface area contributed by atoms with Crippen LogP contribution in [0, 0.1) is 5.92 Å². The molecule has 2 heteroatoms. The van der Waals surface area contributed by atoms with Gasteiger partial charge in [-0.05, 0) is 25.8 Å². The molecule has 1 aliphatic rings. The van der Waals surface area contributed by atoms with E-state index in [-0.39, 0.29) is 11.7 Å². The highest BCUT2D eigenvalue weighted by atomic mass is 16.3. The van der Waals surface area contributed by atoms with Gasteiger partial charge in [-0.1, -0.05) is 48.6 Å². The van der Waals surface area contributed by atoms with Gasteiger partial charge in [0.1, 0.15) is 0 Å². The van der Waals surface area contributed by atoms with E-state index in [0.717, 1.165) is 11.1 Å². The van der Waals surface area contributed by atoms with Gasteiger partial charge in [-0.2, -0.15) is 0 Å². The summed E-state index contributed by atoms with van der Waals surface area (Å²) in [5.74, 6) is 0.0760. The lowest BCUT2D eigenvalue weighted by Crippen LogP contribution is -2.31. The Morgan fingerprint density at radius 2 is 2.00 bits per heavy atom. The summed E-state index contributed by atoms with van der Waals surface area (Å²) in [7, 11) is 0. The average Bonchev–Trinajstić information content (AvgIpc) is 2.40. The number of hydrogen-bond acceptors (Lipinski definition) is 2. The molecular weight excluding hydrogens is 224 g/mol. The SMILES string of the molecule is CC(=O)C1=CCC(C(C)(O)c2ccccc2)C=C1. The van der Waals surface area contributed by atoms with Crippen LogP contribution in [0.4, 0.5) is 0 Å². The smallest absolute Gasteiger partial charge is 0.159 e. The first-order valence-electron chi connectivity index (χ1n) is 6.19. The molecule has 0 bridgehead atoms. The quantitative estimate of drug-likeness (QED) is 0.884. The Hall–Kier alpha value is -1.67. The third-order valence-corrected chi connectivity index (χ3v) is 3.59. The Morgan fingerprint density at radius 3 is 2.50 bits per heavy atom. The second-order valence-electron chi connectivity index (χ2n) is 4.93. The molecule has 0 radical (unpaired) electrons. The van der Waals surface area contributed by atoms with Crippen molar-refractivity contribution in [1.82, 2.24) is 0 Å². The molecule has 18 heavy (non-hydrogen) atoms. The minimum Gasteiger partial charge on any atom is -0.385 e. The van der Waals surface area contributed by atoms with Gasteiger partial charge < -0.3 is 5.11 Å². The van der Waals surface area contributed by atoms with E-state index in [4.69, 9.17) is 0 Å². The number of hydrogen-bond donors (Lipinski definition) is 1. The fourth-order valence-corrected chi connectivity index (χ4v) is 2.29. The maximum Gasteiger partial charge on any atom is 0.159 e. The van der Waals surface area contributed by atoms with Crippen molar-refractivity contribution in [3.63, 3.8) is 0 Å². The number of Topliss-reactive ketones (excluding diaryl/α,β-unsaturated/α-hetero) is 1. The van der Waals surface area contributed by atoms with E-state index in [1.165, 1.54) is 0 Å². The van der Waals surface area contributed by atoms with Crippen molar-refractivity contribution in [2.75, 3.05) is 0 Å². The highest BCUT2D eigenvalue weighted by Gasteiger charge is 2.32. The zero-order valence-corrected chi connectivity index (χ0v) is 10.8. The minimum atomic E-state index is -0.906. The van der Waals surface area contributed by atoms with Crippen molar-refractivity contribution >= 4 is 5.78 Å². The Labute approximate surface area is 108 Å². The molecular formula is C16H18O2. The summed E-state index contributed by atoms with van der Waals surface area (Å²) in [5, 5.41) is 10.7. The third kappa shape index (κ3) is 2.44. The lowest BCUT2D eigenvalue weighted by atomic mass is 9.78. The number of ketones is 1. The molecule has 1 aliphatic carbocycles. The maximum absolute atomic E-state index is 11.2. The van der Waals surface area contributed by atoms with Gasteiger partial charge >= 0.3 is 0 Å². The standard InChI is InChI=1S/C16H18O2/c1-12(17)13-8-10-15(11-9-13)16(2,18)14-6-4-3-5-7-14/h3-10,15,18H,11H2,1-2H3. The van der Waals surface area contributed by atoms with Gasteiger partial charge in [-0.25, -0.2) is 0 Å². The molecule has 0 saturated carbocycles. The van der Waals surface area contributed by atoms with E-state index >= 15 is 0 Å². The summed E-state index contributed by atoms with van der Waals surface area (Å²) in [6, 6.07) is 9.64. The zero-order valence-electron chi connectivity index (χ0n) is 10.8. The Kier molecular flexibility index (Phi) is 3.48. The molecule has 2 nitrogen and oxygen atoms in total. The molecule has 1 aromatic rings. The average molecular weight is 242 g/mol. The number of benzene rings is 1. The van der Waals surface area contributed by atoms with Gasteiger partial charge in [0.25, 0.3) is 0 Å². The molecule has 2 rings (SSSR count). The highest BCUT2D eigenvalue weighted by Crippen LogP contribution is 2.35. The number of carbonyl (C=O) groups is 1. The molecule has 0 spiro atoms. The first-order valence-corrected chi connectivity index (χ1v) is 6.19. The van der Waals surface area contributed by atoms with E-state index in [1.807, 2.05) is 55.5 Å². The van der Waals surface area contributed by atoms with E-state index in [9.17, 15) is 9.90 Å². The zero-order chi connectivity index (χ0) is 13.2. The molecule has 0 heterocycles. The summed E-state index contributed by atoms with van der Waals surface area (Å²) < 4.78 is 0. The van der Waals surface area contributed by atoms with Crippen LogP contribution in [0.2, 0.25) is 0 Å². The van der Waals surface area contributed by atoms with E-state index in [0.29, 0.717) is 6.42 Å². The van der Waals surface area contributed by atoms with Gasteiger partial charge in [0.15, 0.2) is 5.78 Å². The largest absolute Gasteiger partial charge is 0.385 e. The molecule has 0 fully saturated rings. The predicted octanol–water partition coefficient (Wildman–Crippen LogP) is 2.99. The van der Waals surface area contributed by atoms with Gasteiger partial charge in [0, 0.05) is 11.5 Å². The predicted molar refractivity (Wildman–Crippen MR) is 72.0 cm³/mol. The molecule has 0 aromatic heterocycles. The van der Waals surface area contributed by atoms with Crippen LogP contribution < -0.4 is 0 Å². The third-order valence-electron chi connectivity index (χ3n) is 3.59. The van der Waals surface area contributed by atoms with Crippen molar-refractivity contribution in [2.24, 2.45) is 5.92 Å². The molecule has 2 atom stereocenters. The molecule has 0 amide bonds. The van der Waals surface area contributed by atoms with Gasteiger partial charge in [-0.15, -0.1) is 0 Å². The summed E-state index contributed by atoms with van der Waals surface area (Å²) in [5.41, 5.74) is 0.728. The van der Waals surface area contributed by atoms with Crippen LogP contribution in [0.1, 0.15) is 25.8 Å². The van der Waals surface area contributed by atoms with Crippen molar-refractivity contribution in [3.05, 3.63) is 59.7 Å². The fourth-order valence-electron chi connectivity index (χ4n) is 2.29. The first-order chi connectivity index (χ1) is 8.51. The van der Waals surface area contributed by atoms with Crippen molar-refractivity contribution in [3.8, 4) is 0 Å². The molecule has 0 saturated heterocycles. The number of allylic oxidation sites excluding steroid dienone is 3. The second kappa shape index (κ2) is 4.91. The van der Waals surface area contributed by atoms with Crippen LogP contribution in [-0.4, -0.2) is 10.9 Å². The molecule has 1 N–H and O–H groups in total. The fraction of sp³-hybridized carbons (Fsp3) is 0.312. The minimum absolute atomic E-state index is 0.00278. The van der Waals surface area contributed by atoms with Crippen LogP contribution in [-0.2, 0) is 10.4 Å². The van der Waals surface area contributed by atoms with Crippen LogP contribution in [0.15, 0.2) is 54.1 Å². The Morgan fingerprint density at radius 1 is 1.33 bits per heavy atom. The van der Waals surface area contributed by atoms with E-state index < -0.39 is 5.60 Å². The summed E-state index contributed by atoms with van der Waals surface area (Å²) in [6.45, 7) is 3.38. The van der Waals surface area contributed by atoms with Crippen LogP contribution in [0.25, 0.3) is 0 Å². The first kappa shape index (κ1) is 12.8. The van der Waals surface area contributed by atoms with Crippen molar-refractivity contribution in [2.45, 2.75) is 25.9 Å². The summed E-state index contributed by atoms with van der Waals surface area (Å²) >= 11 is 0. The monoisotopic (exact) mass is 242 g/mol. The van der Waals surface area contributed by atoms with Crippen LogP contribution >= 0.6 is 0 Å². The van der Waals surface area contributed by atoms with Gasteiger partial charge in [-0.3, -0.25) is 4.79 Å². The number of carbonyl (C=O) groups excluding carboxylic acids is 1. The molecule has 0 aliphatic heterocycles. The second-order valence-corrected chi connectivity index (χ2v) is 4.93. The van der Waals surface area contributed by atoms with E-state index in [1.54, 1.807) is 6.92 Å². The van der Waals surface area contributed by atoms with Crippen molar-refractivity contribution in [1.29, 1.82) is 0 Å². The maximum atomic E-state index is 11.2. The number of rotatable bonds is 3. The summed E-state index contributed by atoms with van der Waals surface area (Å²) in [6.07, 6.45) is 6.34. The van der Waals surface area contributed by atoms with Crippen LogP contribution in [0.3, 0.4) is 0 Å². The lowest BCUT2D eigenvalue weighted by molar-refractivity contribution is -0.113. The van der Waals surface area contributed by atoms with Gasteiger partial charge in [0.2, 0.25) is 0 Å². The van der Waals surface area contributed by atoms with Crippen molar-refractivity contribution < 1.29 is 9.90 Å². The van der Waals surface area contributed by atoms with Crippen LogP contribution in [0.5, 0.6) is 0 Å². The van der Waals surface area contributed by atoms with E-state index in [2.05, 4.69) is 0 Å². The summed E-state index contributed by atoms with van der Waals surface area (Å²) in [4.78, 5) is 11.2. The Bertz CT molecular complexity index is 495. The topological polar surface area (TPSA) is 37.3 Å². The normalized spacial score (nSPS) is 22.2. The molecule has 94 valence electrons. The molecule has 1 aromatic carbocycles. The lowest BCUT2D eigenvalue weighted by Gasteiger charge is -2.32. The number of aliphatic hydroxyl groups is 1.